The molecule has 0 aliphatic carbocycles. The van der Waals surface area contributed by atoms with Crippen LogP contribution in [0, 0.1) is 6.92 Å². The Labute approximate surface area is 102 Å². The lowest BCUT2D eigenvalue weighted by atomic mass is 10.1. The molecule has 0 radical (unpaired) electrons. The van der Waals surface area contributed by atoms with Crippen LogP contribution in [0.3, 0.4) is 0 Å². The number of thiophene rings is 1. The number of H-pyrrole nitrogens is 1. The second kappa shape index (κ2) is 3.82. The van der Waals surface area contributed by atoms with Crippen molar-refractivity contribution in [2.45, 2.75) is 6.92 Å². The van der Waals surface area contributed by atoms with Crippen molar-refractivity contribution in [1.82, 2.24) is 9.97 Å². The lowest BCUT2D eigenvalue weighted by molar-refractivity contribution is 1.25. The number of fused-ring (bicyclic) bond motifs is 1. The maximum absolute atomic E-state index is 12.0. The number of aromatic amines is 1. The van der Waals surface area contributed by atoms with E-state index in [4.69, 9.17) is 0 Å². The standard InChI is InChI=1S/C13H10N2OS/c1-8-4-10-12(16)5-11(9-2-3-17-7-9)15-13(10)14-6-8/h2-7H,1H3,(H,14,15,16). The first-order valence-corrected chi connectivity index (χ1v) is 6.20. The van der Waals surface area contributed by atoms with Gasteiger partial charge in [-0.3, -0.25) is 4.79 Å². The van der Waals surface area contributed by atoms with E-state index in [0.717, 1.165) is 16.8 Å². The Morgan fingerprint density at radius 1 is 1.35 bits per heavy atom. The van der Waals surface area contributed by atoms with E-state index in [9.17, 15) is 4.79 Å². The second-order valence-electron chi connectivity index (χ2n) is 3.97. The second-order valence-corrected chi connectivity index (χ2v) is 4.75. The summed E-state index contributed by atoms with van der Waals surface area (Å²) in [6.07, 6.45) is 1.76. The van der Waals surface area contributed by atoms with Gasteiger partial charge in [-0.05, 0) is 30.0 Å². The minimum atomic E-state index is 0.0103. The van der Waals surface area contributed by atoms with Crippen LogP contribution in [0.2, 0.25) is 0 Å². The van der Waals surface area contributed by atoms with Crippen molar-refractivity contribution < 1.29 is 0 Å². The Kier molecular flexibility index (Phi) is 2.30. The molecule has 17 heavy (non-hydrogen) atoms. The normalized spacial score (nSPS) is 10.9. The van der Waals surface area contributed by atoms with E-state index in [1.165, 1.54) is 0 Å². The first-order chi connectivity index (χ1) is 8.24. The van der Waals surface area contributed by atoms with Gasteiger partial charge >= 0.3 is 0 Å². The Morgan fingerprint density at radius 2 is 2.24 bits per heavy atom. The molecule has 0 atom stereocenters. The van der Waals surface area contributed by atoms with Crippen molar-refractivity contribution in [2.24, 2.45) is 0 Å². The maximum Gasteiger partial charge on any atom is 0.191 e. The molecule has 0 aliphatic heterocycles. The highest BCUT2D eigenvalue weighted by atomic mass is 32.1. The van der Waals surface area contributed by atoms with Crippen LogP contribution >= 0.6 is 11.3 Å². The molecule has 0 amide bonds. The highest BCUT2D eigenvalue weighted by Gasteiger charge is 2.05. The van der Waals surface area contributed by atoms with E-state index in [-0.39, 0.29) is 5.43 Å². The van der Waals surface area contributed by atoms with Gasteiger partial charge in [0.1, 0.15) is 5.65 Å². The molecular formula is C13H10N2OS. The molecule has 0 aromatic carbocycles. The zero-order valence-electron chi connectivity index (χ0n) is 9.23. The monoisotopic (exact) mass is 242 g/mol. The molecule has 3 heterocycles. The van der Waals surface area contributed by atoms with Gasteiger partial charge in [-0.25, -0.2) is 4.98 Å². The fourth-order valence-corrected chi connectivity index (χ4v) is 2.46. The summed E-state index contributed by atoms with van der Waals surface area (Å²) in [4.78, 5) is 19.4. The van der Waals surface area contributed by atoms with Crippen molar-refractivity contribution in [3.63, 3.8) is 0 Å². The Balaban J connectivity index is 2.32. The highest BCUT2D eigenvalue weighted by Crippen LogP contribution is 2.20. The van der Waals surface area contributed by atoms with Crippen LogP contribution in [0.25, 0.3) is 22.3 Å². The molecule has 0 aliphatic rings. The number of rotatable bonds is 1. The van der Waals surface area contributed by atoms with Gasteiger partial charge in [-0.1, -0.05) is 0 Å². The topological polar surface area (TPSA) is 45.8 Å². The zero-order chi connectivity index (χ0) is 11.8. The number of pyridine rings is 2. The summed E-state index contributed by atoms with van der Waals surface area (Å²) < 4.78 is 0. The third-order valence-electron chi connectivity index (χ3n) is 2.65. The van der Waals surface area contributed by atoms with Gasteiger partial charge in [0.05, 0.1) is 11.1 Å². The molecule has 0 fully saturated rings. The maximum atomic E-state index is 12.0. The Bertz CT molecular complexity index is 729. The van der Waals surface area contributed by atoms with Gasteiger partial charge in [0.2, 0.25) is 0 Å². The molecule has 0 spiro atoms. The van der Waals surface area contributed by atoms with E-state index in [0.29, 0.717) is 11.0 Å². The minimum Gasteiger partial charge on any atom is -0.339 e. The highest BCUT2D eigenvalue weighted by molar-refractivity contribution is 7.08. The molecule has 3 nitrogen and oxygen atoms in total. The summed E-state index contributed by atoms with van der Waals surface area (Å²) in [7, 11) is 0. The molecule has 0 saturated heterocycles. The molecule has 84 valence electrons. The van der Waals surface area contributed by atoms with Crippen molar-refractivity contribution in [1.29, 1.82) is 0 Å². The predicted molar refractivity (Wildman–Crippen MR) is 70.4 cm³/mol. The van der Waals surface area contributed by atoms with Gasteiger partial charge in [0.25, 0.3) is 0 Å². The van der Waals surface area contributed by atoms with Crippen LogP contribution in [-0.4, -0.2) is 9.97 Å². The van der Waals surface area contributed by atoms with E-state index >= 15 is 0 Å². The third-order valence-corrected chi connectivity index (χ3v) is 3.33. The number of hydrogen-bond acceptors (Lipinski definition) is 3. The summed E-state index contributed by atoms with van der Waals surface area (Å²) in [5.74, 6) is 0. The zero-order valence-corrected chi connectivity index (χ0v) is 10.0. The number of nitrogens with zero attached hydrogens (tertiary/aromatic N) is 1. The van der Waals surface area contributed by atoms with Crippen LogP contribution in [0.4, 0.5) is 0 Å². The summed E-state index contributed by atoms with van der Waals surface area (Å²) >= 11 is 1.61. The summed E-state index contributed by atoms with van der Waals surface area (Å²) in [5.41, 5.74) is 3.49. The summed E-state index contributed by atoms with van der Waals surface area (Å²) in [5, 5.41) is 4.63. The number of nitrogens with one attached hydrogen (secondary N) is 1. The quantitative estimate of drug-likeness (QED) is 0.713. The van der Waals surface area contributed by atoms with Gasteiger partial charge in [0.15, 0.2) is 5.43 Å². The lowest BCUT2D eigenvalue weighted by Crippen LogP contribution is -2.04. The Morgan fingerprint density at radius 3 is 3.00 bits per heavy atom. The van der Waals surface area contributed by atoms with Gasteiger partial charge < -0.3 is 4.98 Å². The van der Waals surface area contributed by atoms with Gasteiger partial charge in [0, 0.05) is 23.2 Å². The molecule has 0 saturated carbocycles. The molecule has 0 bridgehead atoms. The summed E-state index contributed by atoms with van der Waals surface area (Å²) in [6.45, 7) is 1.93. The molecule has 3 rings (SSSR count). The molecule has 4 heteroatoms. The molecule has 3 aromatic rings. The van der Waals surface area contributed by atoms with Crippen LogP contribution in [0.15, 0.2) is 40.0 Å². The lowest BCUT2D eigenvalue weighted by Gasteiger charge is -2.02. The fraction of sp³-hybridized carbons (Fsp3) is 0.0769. The number of hydrogen-bond donors (Lipinski definition) is 1. The third kappa shape index (κ3) is 1.76. The predicted octanol–water partition coefficient (Wildman–Crippen LogP) is 2.96. The number of aryl methyl sites for hydroxylation is 1. The summed E-state index contributed by atoms with van der Waals surface area (Å²) in [6, 6.07) is 5.47. The van der Waals surface area contributed by atoms with Crippen molar-refractivity contribution in [3.05, 3.63) is 50.9 Å². The molecule has 3 aromatic heterocycles. The van der Waals surface area contributed by atoms with E-state index in [1.54, 1.807) is 23.6 Å². The van der Waals surface area contributed by atoms with Crippen LogP contribution in [0.5, 0.6) is 0 Å². The largest absolute Gasteiger partial charge is 0.339 e. The Hall–Kier alpha value is -1.94. The van der Waals surface area contributed by atoms with Crippen LogP contribution < -0.4 is 5.43 Å². The minimum absolute atomic E-state index is 0.0103. The van der Waals surface area contributed by atoms with E-state index < -0.39 is 0 Å². The average Bonchev–Trinajstić information content (AvgIpc) is 2.83. The van der Waals surface area contributed by atoms with Gasteiger partial charge in [-0.15, -0.1) is 0 Å². The van der Waals surface area contributed by atoms with Crippen molar-refractivity contribution in [3.8, 4) is 11.3 Å². The first kappa shape index (κ1) is 10.2. The number of aromatic nitrogens is 2. The molecular weight excluding hydrogens is 232 g/mol. The van der Waals surface area contributed by atoms with Crippen molar-refractivity contribution >= 4 is 22.4 Å². The smallest absolute Gasteiger partial charge is 0.191 e. The SMILES string of the molecule is Cc1cnc2[nH]c(-c3ccsc3)cc(=O)c2c1. The van der Waals surface area contributed by atoms with Crippen LogP contribution in [-0.2, 0) is 0 Å². The fourth-order valence-electron chi connectivity index (χ4n) is 1.80. The van der Waals surface area contributed by atoms with Crippen molar-refractivity contribution in [2.75, 3.05) is 0 Å². The van der Waals surface area contributed by atoms with E-state index in [1.807, 2.05) is 29.8 Å². The van der Waals surface area contributed by atoms with E-state index in [2.05, 4.69) is 9.97 Å². The van der Waals surface area contributed by atoms with Crippen LogP contribution in [0.1, 0.15) is 5.56 Å². The first-order valence-electron chi connectivity index (χ1n) is 5.26. The molecule has 0 unspecified atom stereocenters. The average molecular weight is 242 g/mol. The van der Waals surface area contributed by atoms with Gasteiger partial charge in [-0.2, -0.15) is 11.3 Å². The molecule has 1 N–H and O–H groups in total.